The molecule has 0 saturated heterocycles. The highest BCUT2D eigenvalue weighted by Gasteiger charge is 2.43. The van der Waals surface area contributed by atoms with E-state index >= 15 is 9.13 Å². The summed E-state index contributed by atoms with van der Waals surface area (Å²) in [6.45, 7) is 2.97. The Labute approximate surface area is 515 Å². The summed E-state index contributed by atoms with van der Waals surface area (Å²) in [7, 11) is -6.67. The predicted molar refractivity (Wildman–Crippen MR) is 359 cm³/mol. The molecule has 10 heteroatoms. The summed E-state index contributed by atoms with van der Waals surface area (Å²) in [5, 5.41) is 4.61. The number of hydrogen-bond donors (Lipinski definition) is 0. The van der Waals surface area contributed by atoms with Crippen molar-refractivity contribution in [2.45, 2.75) is 39.5 Å². The molecule has 0 saturated carbocycles. The minimum atomic E-state index is -3.33. The molecule has 2 aliphatic heterocycles. The first-order chi connectivity index (χ1) is 43.4. The van der Waals surface area contributed by atoms with Gasteiger partial charge in [-0.25, -0.2) is 0 Å². The Morgan fingerprint density at radius 2 is 0.443 bits per heavy atom. The third kappa shape index (κ3) is 12.3. The van der Waals surface area contributed by atoms with Gasteiger partial charge in [-0.15, -0.1) is 0 Å². The van der Waals surface area contributed by atoms with Crippen LogP contribution in [-0.2, 0) is 48.6 Å². The van der Waals surface area contributed by atoms with Crippen LogP contribution in [0.5, 0.6) is 23.0 Å². The van der Waals surface area contributed by atoms with Gasteiger partial charge in [0.25, 0.3) is 0 Å². The molecule has 0 amide bonds. The third-order valence-electron chi connectivity index (χ3n) is 15.9. The molecule has 8 nitrogen and oxygen atoms in total. The Morgan fingerprint density at radius 1 is 0.239 bits per heavy atom. The molecule has 0 N–H and O–H groups in total. The predicted octanol–water partition coefficient (Wildman–Crippen LogP) is 16.3. The van der Waals surface area contributed by atoms with Crippen LogP contribution >= 0.6 is 14.3 Å². The molecule has 0 bridgehead atoms. The Balaban J connectivity index is 0.000000162. The molecule has 14 rings (SSSR count). The topological polar surface area (TPSA) is 77.5 Å². The van der Waals surface area contributed by atoms with Gasteiger partial charge in [0.15, 0.2) is 14.3 Å². The SMILES string of the molecule is O=P1(c2ccccc2)c2cc(OCc3ccccc3)ccc2N(Cc2ccccc2)c2ccc(OCc3ccccc3)cc21.O=P1(c2ccccc2)c2cc(OCc3ccccc3)ccc2N(Cc2ccccc2)c2ccc(OCc3ccccc3)cc21. The molecule has 0 atom stereocenters. The molecule has 0 aliphatic carbocycles. The highest BCUT2D eigenvalue weighted by atomic mass is 31.2. The average Bonchev–Trinajstić information content (AvgIpc) is 1.15. The van der Waals surface area contributed by atoms with Crippen LogP contribution in [0.3, 0.4) is 0 Å². The molecular formula is C78H64N2O6P2. The molecule has 12 aromatic rings. The smallest absolute Gasteiger partial charge is 0.175 e. The van der Waals surface area contributed by atoms with Gasteiger partial charge in [-0.05, 0) is 106 Å². The Morgan fingerprint density at radius 3 is 0.670 bits per heavy atom. The maximum absolute atomic E-state index is 15.8. The van der Waals surface area contributed by atoms with Crippen molar-refractivity contribution in [3.63, 3.8) is 0 Å². The second-order valence-corrected chi connectivity index (χ2v) is 27.1. The highest BCUT2D eigenvalue weighted by Crippen LogP contribution is 2.55. The molecular weight excluding hydrogens is 1120 g/mol. The Kier molecular flexibility index (Phi) is 17.0. The lowest BCUT2D eigenvalue weighted by Crippen LogP contribution is -2.38. The van der Waals surface area contributed by atoms with Gasteiger partial charge >= 0.3 is 0 Å². The van der Waals surface area contributed by atoms with Crippen LogP contribution in [0.1, 0.15) is 33.4 Å². The summed E-state index contributed by atoms with van der Waals surface area (Å²) in [6.07, 6.45) is 0. The van der Waals surface area contributed by atoms with Crippen LogP contribution in [0.4, 0.5) is 22.7 Å². The second kappa shape index (κ2) is 26.3. The molecule has 2 heterocycles. The van der Waals surface area contributed by atoms with Crippen molar-refractivity contribution < 1.29 is 28.1 Å². The lowest BCUT2D eigenvalue weighted by molar-refractivity contribution is 0.306. The molecule has 88 heavy (non-hydrogen) atoms. The highest BCUT2D eigenvalue weighted by molar-refractivity contribution is 7.86. The largest absolute Gasteiger partial charge is 0.489 e. The summed E-state index contributed by atoms with van der Waals surface area (Å²) in [5.74, 6) is 2.73. The van der Waals surface area contributed by atoms with Crippen molar-refractivity contribution >= 4 is 68.9 Å². The molecule has 0 unspecified atom stereocenters. The number of benzene rings is 12. The maximum atomic E-state index is 15.8. The first-order valence-corrected chi connectivity index (χ1v) is 33.0. The van der Waals surface area contributed by atoms with E-state index in [2.05, 4.69) is 82.6 Å². The average molecular weight is 1190 g/mol. The van der Waals surface area contributed by atoms with E-state index in [0.717, 1.165) is 88.0 Å². The van der Waals surface area contributed by atoms with E-state index in [0.29, 0.717) is 62.5 Å². The van der Waals surface area contributed by atoms with Crippen LogP contribution < -0.4 is 60.6 Å². The quantitative estimate of drug-likeness (QED) is 0.0787. The van der Waals surface area contributed by atoms with Gasteiger partial charge in [-0.2, -0.15) is 0 Å². The van der Waals surface area contributed by atoms with Gasteiger partial charge < -0.3 is 37.9 Å². The number of anilines is 4. The van der Waals surface area contributed by atoms with Gasteiger partial charge in [0, 0.05) is 44.9 Å². The fraction of sp³-hybridized carbons (Fsp3) is 0.0769. The van der Waals surface area contributed by atoms with Crippen LogP contribution in [0, 0.1) is 0 Å². The van der Waals surface area contributed by atoms with Gasteiger partial charge in [0.05, 0.1) is 22.7 Å². The first-order valence-electron chi connectivity index (χ1n) is 29.6. The normalized spacial score (nSPS) is 13.0. The standard InChI is InChI=1S/2C39H32NO3P/c2*41-44(35-19-11-4-12-20-35)38-25-33(42-28-31-15-7-2-8-16-31)21-23-36(38)40(27-30-13-5-1-6-14-30)37-24-22-34(26-39(37)44)43-29-32-17-9-3-10-18-32/h2*1-26H,27-29H2. The molecule has 2 aliphatic rings. The molecule has 0 fully saturated rings. The fourth-order valence-electron chi connectivity index (χ4n) is 11.5. The minimum absolute atomic E-state index is 0.428. The van der Waals surface area contributed by atoms with E-state index in [-0.39, 0.29) is 0 Å². The number of rotatable bonds is 18. The summed E-state index contributed by atoms with van der Waals surface area (Å²) in [5.41, 5.74) is 10.3. The Hall–Kier alpha value is -10.1. The lowest BCUT2D eigenvalue weighted by Gasteiger charge is -2.38. The monoisotopic (exact) mass is 1190 g/mol. The molecule has 0 spiro atoms. The van der Waals surface area contributed by atoms with Crippen molar-refractivity contribution in [3.05, 3.63) is 349 Å². The van der Waals surface area contributed by atoms with E-state index in [4.69, 9.17) is 18.9 Å². The lowest BCUT2D eigenvalue weighted by atomic mass is 10.1. The van der Waals surface area contributed by atoms with Gasteiger partial charge in [0.1, 0.15) is 49.4 Å². The summed E-state index contributed by atoms with van der Waals surface area (Å²) < 4.78 is 56.7. The van der Waals surface area contributed by atoms with E-state index in [1.54, 1.807) is 0 Å². The summed E-state index contributed by atoms with van der Waals surface area (Å²) in [4.78, 5) is 4.53. The zero-order valence-electron chi connectivity index (χ0n) is 48.5. The van der Waals surface area contributed by atoms with Crippen molar-refractivity contribution in [2.75, 3.05) is 9.80 Å². The van der Waals surface area contributed by atoms with Crippen molar-refractivity contribution in [3.8, 4) is 23.0 Å². The van der Waals surface area contributed by atoms with Crippen LogP contribution in [-0.4, -0.2) is 0 Å². The summed E-state index contributed by atoms with van der Waals surface area (Å²) in [6, 6.07) is 105. The molecule has 0 radical (unpaired) electrons. The van der Waals surface area contributed by atoms with Gasteiger partial charge in [-0.1, -0.05) is 243 Å². The van der Waals surface area contributed by atoms with Crippen molar-refractivity contribution in [2.24, 2.45) is 0 Å². The number of ether oxygens (including phenoxy) is 4. The van der Waals surface area contributed by atoms with E-state index < -0.39 is 14.3 Å². The van der Waals surface area contributed by atoms with E-state index in [1.807, 2.05) is 243 Å². The van der Waals surface area contributed by atoms with E-state index in [1.165, 1.54) is 0 Å². The van der Waals surface area contributed by atoms with Crippen molar-refractivity contribution in [1.82, 2.24) is 0 Å². The molecule has 432 valence electrons. The number of nitrogens with zero attached hydrogens (tertiary/aromatic N) is 2. The summed E-state index contributed by atoms with van der Waals surface area (Å²) >= 11 is 0. The first kappa shape index (κ1) is 57.0. The maximum Gasteiger partial charge on any atom is 0.175 e. The van der Waals surface area contributed by atoms with Crippen LogP contribution in [0.25, 0.3) is 0 Å². The van der Waals surface area contributed by atoms with Gasteiger partial charge in [0.2, 0.25) is 0 Å². The fourth-order valence-corrected chi connectivity index (χ4v) is 17.6. The van der Waals surface area contributed by atoms with Gasteiger partial charge in [-0.3, -0.25) is 0 Å². The number of fused-ring (bicyclic) bond motifs is 4. The number of hydrogen-bond acceptors (Lipinski definition) is 8. The zero-order valence-corrected chi connectivity index (χ0v) is 50.3. The minimum Gasteiger partial charge on any atom is -0.489 e. The Bertz CT molecular complexity index is 3910. The molecule has 0 aromatic heterocycles. The second-order valence-electron chi connectivity index (χ2n) is 21.7. The third-order valence-corrected chi connectivity index (χ3v) is 22.1. The zero-order chi connectivity index (χ0) is 59.5. The van der Waals surface area contributed by atoms with Crippen LogP contribution in [0.15, 0.2) is 315 Å². The van der Waals surface area contributed by atoms with Crippen molar-refractivity contribution in [1.29, 1.82) is 0 Å². The molecule has 12 aromatic carbocycles. The van der Waals surface area contributed by atoms with Crippen LogP contribution in [0.2, 0.25) is 0 Å². The van der Waals surface area contributed by atoms with E-state index in [9.17, 15) is 0 Å².